The number of carbonyl (C=O) groups excluding carboxylic acids is 3. The van der Waals surface area contributed by atoms with E-state index in [1.807, 2.05) is 24.3 Å². The first-order valence-corrected chi connectivity index (χ1v) is 29.9. The Bertz CT molecular complexity index is 1820. The highest BCUT2D eigenvalue weighted by Gasteiger charge is 2.30. The average molecular weight is 1060 g/mol. The molecule has 0 aromatic heterocycles. The third kappa shape index (κ3) is 37.2. The van der Waals surface area contributed by atoms with Crippen molar-refractivity contribution in [1.29, 1.82) is 0 Å². The molecule has 12 nitrogen and oxygen atoms in total. The maximum Gasteiger partial charge on any atom is 0.407 e. The SMILES string of the molecule is CCCCC#CCCOC(CCC(=O)OCC(CCCCC/C=C\C/C=C\CCCCC)C(Cc1cccc(COC(=O)CCC(CCCCCC)OC(=O)NCCN2CCCC2)c1)C(=O)O)OCCC#CCCCC. The second kappa shape index (κ2) is 47.6. The van der Waals surface area contributed by atoms with Crippen molar-refractivity contribution in [2.45, 2.75) is 239 Å². The normalized spacial score (nSPS) is 13.8. The molecule has 1 aromatic carbocycles. The minimum Gasteiger partial charge on any atom is -0.481 e. The van der Waals surface area contributed by atoms with Gasteiger partial charge in [0, 0.05) is 57.5 Å². The van der Waals surface area contributed by atoms with E-state index in [9.17, 15) is 24.3 Å². The molecule has 12 heteroatoms. The van der Waals surface area contributed by atoms with E-state index in [1.165, 1.54) is 32.1 Å². The van der Waals surface area contributed by atoms with Gasteiger partial charge in [0.2, 0.25) is 0 Å². The molecule has 3 unspecified atom stereocenters. The fourth-order valence-electron chi connectivity index (χ4n) is 9.00. The topological polar surface area (TPSA) is 150 Å². The van der Waals surface area contributed by atoms with Crippen LogP contribution < -0.4 is 5.32 Å². The zero-order chi connectivity index (χ0) is 54.9. The van der Waals surface area contributed by atoms with Crippen molar-refractivity contribution < 1.29 is 48.0 Å². The minimum atomic E-state index is -0.951. The Morgan fingerprint density at radius 1 is 0.658 bits per heavy atom. The molecule has 0 radical (unpaired) electrons. The fourth-order valence-corrected chi connectivity index (χ4v) is 9.00. The van der Waals surface area contributed by atoms with Gasteiger partial charge in [-0.15, -0.1) is 23.7 Å². The molecule has 76 heavy (non-hydrogen) atoms. The lowest BCUT2D eigenvalue weighted by Crippen LogP contribution is -2.35. The van der Waals surface area contributed by atoms with Crippen molar-refractivity contribution in [3.05, 3.63) is 59.7 Å². The number of carboxylic acids is 1. The van der Waals surface area contributed by atoms with Gasteiger partial charge < -0.3 is 39.0 Å². The third-order valence-electron chi connectivity index (χ3n) is 13.6. The predicted octanol–water partition coefficient (Wildman–Crippen LogP) is 14.4. The van der Waals surface area contributed by atoms with E-state index in [0.717, 1.165) is 133 Å². The van der Waals surface area contributed by atoms with Crippen LogP contribution in [0.4, 0.5) is 4.79 Å². The Morgan fingerprint density at radius 2 is 1.24 bits per heavy atom. The summed E-state index contributed by atoms with van der Waals surface area (Å²) in [5.74, 6) is 9.68. The molecule has 428 valence electrons. The van der Waals surface area contributed by atoms with Crippen molar-refractivity contribution in [3.8, 4) is 23.7 Å². The van der Waals surface area contributed by atoms with Crippen LogP contribution in [0, 0.1) is 35.5 Å². The molecule has 2 N–H and O–H groups in total. The first-order valence-electron chi connectivity index (χ1n) is 29.9. The number of esters is 2. The highest BCUT2D eigenvalue weighted by Crippen LogP contribution is 2.26. The summed E-state index contributed by atoms with van der Waals surface area (Å²) in [5.41, 5.74) is 1.54. The number of rotatable bonds is 45. The van der Waals surface area contributed by atoms with Gasteiger partial charge in [0.05, 0.1) is 32.2 Å². The molecule has 1 aliphatic heterocycles. The smallest absolute Gasteiger partial charge is 0.407 e. The van der Waals surface area contributed by atoms with Gasteiger partial charge in [-0.25, -0.2) is 4.79 Å². The Hall–Kier alpha value is -4.62. The largest absolute Gasteiger partial charge is 0.481 e. The van der Waals surface area contributed by atoms with Crippen molar-refractivity contribution in [2.24, 2.45) is 11.8 Å². The molecule has 1 saturated heterocycles. The number of carboxylic acid groups (broad SMARTS) is 1. The lowest BCUT2D eigenvalue weighted by atomic mass is 9.83. The van der Waals surface area contributed by atoms with Gasteiger partial charge in [-0.1, -0.05) is 134 Å². The van der Waals surface area contributed by atoms with E-state index in [-0.39, 0.29) is 44.5 Å². The number of nitrogens with one attached hydrogen (secondary N) is 1. The second-order valence-electron chi connectivity index (χ2n) is 20.4. The molecular weight excluding hydrogens is 957 g/mol. The molecule has 1 aliphatic rings. The Kier molecular flexibility index (Phi) is 42.3. The molecule has 0 spiro atoms. The van der Waals surface area contributed by atoms with Crippen LogP contribution in [0.2, 0.25) is 0 Å². The number of likely N-dealkylation sites (tertiary alicyclic amines) is 1. The molecule has 1 heterocycles. The summed E-state index contributed by atoms with van der Waals surface area (Å²) < 4.78 is 29.5. The molecule has 0 bridgehead atoms. The number of unbranched alkanes of at least 4 members (excludes halogenated alkanes) is 13. The predicted molar refractivity (Wildman–Crippen MR) is 306 cm³/mol. The Labute approximate surface area is 461 Å². The van der Waals surface area contributed by atoms with Crippen LogP contribution in [0.25, 0.3) is 0 Å². The number of amides is 1. The first kappa shape index (κ1) is 67.5. The van der Waals surface area contributed by atoms with Crippen molar-refractivity contribution in [3.63, 3.8) is 0 Å². The second-order valence-corrected chi connectivity index (χ2v) is 20.4. The van der Waals surface area contributed by atoms with Crippen molar-refractivity contribution in [2.75, 3.05) is 46.0 Å². The van der Waals surface area contributed by atoms with Crippen LogP contribution in [0.5, 0.6) is 0 Å². The standard InChI is InChI=1S/C64H102N2O10/c1-5-9-13-17-20-21-22-23-24-25-26-27-30-39-57(54-75-61(68)43-44-62(72-49-34-28-18-14-10-6-2)73-50-35-29-19-15-11-7-3)59(63(69)70)52-55-37-36-38-56(51-55)53-74-60(67)42-41-58(40-31-16-12-8-4)76-64(71)65-45-48-66-46-32-33-47-66/h20-21,23-24,36-38,51,57-59,62H,5-17,22,25-27,30-35,39-50,52-54H2,1-4H3,(H,65,71)(H,69,70)/b21-20-,24-23-. The van der Waals surface area contributed by atoms with E-state index < -0.39 is 36.2 Å². The summed E-state index contributed by atoms with van der Waals surface area (Å²) in [6.07, 6.45) is 33.0. The number of hydrogen-bond donors (Lipinski definition) is 2. The van der Waals surface area contributed by atoms with E-state index in [0.29, 0.717) is 58.3 Å². The lowest BCUT2D eigenvalue weighted by molar-refractivity contribution is -0.160. The highest BCUT2D eigenvalue weighted by atomic mass is 16.7. The molecule has 1 amide bonds. The average Bonchev–Trinajstić information content (AvgIpc) is 3.94. The maximum atomic E-state index is 13.4. The van der Waals surface area contributed by atoms with E-state index in [4.69, 9.17) is 23.7 Å². The third-order valence-corrected chi connectivity index (χ3v) is 13.6. The van der Waals surface area contributed by atoms with Crippen LogP contribution in [-0.2, 0) is 51.1 Å². The molecule has 0 aliphatic carbocycles. The first-order chi connectivity index (χ1) is 37.2. The quantitative estimate of drug-likeness (QED) is 0.0160. The van der Waals surface area contributed by atoms with Gasteiger partial charge in [0.25, 0.3) is 0 Å². The van der Waals surface area contributed by atoms with Crippen molar-refractivity contribution in [1.82, 2.24) is 10.2 Å². The maximum absolute atomic E-state index is 13.4. The molecule has 1 aromatic rings. The number of carbonyl (C=O) groups is 4. The van der Waals surface area contributed by atoms with Gasteiger partial charge in [-0.05, 0) is 114 Å². The number of allylic oxidation sites excluding steroid dienone is 4. The van der Waals surface area contributed by atoms with E-state index >= 15 is 0 Å². The van der Waals surface area contributed by atoms with Gasteiger partial charge in [0.1, 0.15) is 12.7 Å². The number of ether oxygens (including phenoxy) is 5. The van der Waals surface area contributed by atoms with Gasteiger partial charge in [-0.3, -0.25) is 14.4 Å². The summed E-state index contributed by atoms with van der Waals surface area (Å²) in [4.78, 5) is 54.7. The lowest BCUT2D eigenvalue weighted by Gasteiger charge is -2.24. The minimum absolute atomic E-state index is 0.0196. The zero-order valence-corrected chi connectivity index (χ0v) is 47.9. The van der Waals surface area contributed by atoms with Crippen LogP contribution in [0.1, 0.15) is 225 Å². The summed E-state index contributed by atoms with van der Waals surface area (Å²) in [6.45, 7) is 12.9. The molecule has 3 atom stereocenters. The van der Waals surface area contributed by atoms with Crippen LogP contribution in [0.3, 0.4) is 0 Å². The number of benzene rings is 1. The Balaban J connectivity index is 2.08. The van der Waals surface area contributed by atoms with Gasteiger partial charge in [0.15, 0.2) is 6.29 Å². The summed E-state index contributed by atoms with van der Waals surface area (Å²) in [5, 5.41) is 13.6. The monoisotopic (exact) mass is 1060 g/mol. The number of nitrogens with zero attached hydrogens (tertiary/aromatic N) is 1. The van der Waals surface area contributed by atoms with Crippen LogP contribution >= 0.6 is 0 Å². The number of alkyl carbamates (subject to hydrolysis) is 1. The van der Waals surface area contributed by atoms with Gasteiger partial charge >= 0.3 is 24.0 Å². The van der Waals surface area contributed by atoms with Crippen LogP contribution in [0.15, 0.2) is 48.6 Å². The fraction of sp³-hybridized carbons (Fsp3) is 0.719. The Morgan fingerprint density at radius 3 is 1.89 bits per heavy atom. The summed E-state index contributed by atoms with van der Waals surface area (Å²) in [6, 6.07) is 7.49. The van der Waals surface area contributed by atoms with E-state index in [1.54, 1.807) is 0 Å². The highest BCUT2D eigenvalue weighted by molar-refractivity contribution is 5.72. The van der Waals surface area contributed by atoms with Crippen molar-refractivity contribution >= 4 is 24.0 Å². The molecule has 0 saturated carbocycles. The number of aliphatic carboxylic acids is 1. The zero-order valence-electron chi connectivity index (χ0n) is 47.9. The van der Waals surface area contributed by atoms with Crippen LogP contribution in [-0.4, -0.2) is 92.4 Å². The number of hydrogen-bond acceptors (Lipinski definition) is 10. The summed E-state index contributed by atoms with van der Waals surface area (Å²) in [7, 11) is 0. The van der Waals surface area contributed by atoms with Gasteiger partial charge in [-0.2, -0.15) is 0 Å². The molecule has 1 fully saturated rings. The van der Waals surface area contributed by atoms with E-state index in [2.05, 4.69) is 85.9 Å². The molecular formula is C64H102N2O10. The molecule has 2 rings (SSSR count). The summed E-state index contributed by atoms with van der Waals surface area (Å²) >= 11 is 0.